The molecular formula is C17H25NO5. The number of esters is 1. The van der Waals surface area contributed by atoms with Crippen LogP contribution < -0.4 is 14.8 Å². The van der Waals surface area contributed by atoms with Crippen molar-refractivity contribution >= 4 is 11.9 Å². The Hall–Kier alpha value is -2.24. The maximum absolute atomic E-state index is 11.6. The first-order valence-electron chi connectivity index (χ1n) is 7.73. The Bertz CT molecular complexity index is 498. The summed E-state index contributed by atoms with van der Waals surface area (Å²) >= 11 is 0. The maximum atomic E-state index is 11.6. The topological polar surface area (TPSA) is 73.9 Å². The van der Waals surface area contributed by atoms with E-state index < -0.39 is 5.97 Å². The van der Waals surface area contributed by atoms with Crippen LogP contribution in [0.2, 0.25) is 0 Å². The van der Waals surface area contributed by atoms with Gasteiger partial charge in [-0.25, -0.2) is 4.79 Å². The zero-order valence-electron chi connectivity index (χ0n) is 14.1. The molecule has 128 valence electrons. The molecule has 6 nitrogen and oxygen atoms in total. The maximum Gasteiger partial charge on any atom is 0.344 e. The largest absolute Gasteiger partial charge is 0.494 e. The second-order valence-corrected chi connectivity index (χ2v) is 5.45. The normalized spacial score (nSPS) is 11.7. The number of nitrogens with one attached hydrogen (secondary N) is 1. The number of ether oxygens (including phenoxy) is 3. The average Bonchev–Trinajstić information content (AvgIpc) is 2.52. The first-order valence-corrected chi connectivity index (χ1v) is 7.73. The van der Waals surface area contributed by atoms with Gasteiger partial charge in [-0.3, -0.25) is 4.79 Å². The molecule has 0 radical (unpaired) electrons. The molecule has 0 aromatic heterocycles. The quantitative estimate of drug-likeness (QED) is 0.705. The molecule has 1 rings (SSSR count). The molecule has 1 atom stereocenters. The van der Waals surface area contributed by atoms with Crippen molar-refractivity contribution < 1.29 is 23.8 Å². The van der Waals surface area contributed by atoms with E-state index in [9.17, 15) is 9.59 Å². The summed E-state index contributed by atoms with van der Waals surface area (Å²) in [5.74, 6) is 0.672. The summed E-state index contributed by atoms with van der Waals surface area (Å²) in [7, 11) is 0. The summed E-state index contributed by atoms with van der Waals surface area (Å²) in [6.45, 7) is 7.84. The van der Waals surface area contributed by atoms with E-state index in [0.29, 0.717) is 18.3 Å². The molecule has 1 N–H and O–H groups in total. The zero-order valence-corrected chi connectivity index (χ0v) is 14.1. The predicted octanol–water partition coefficient (Wildman–Crippen LogP) is 2.17. The van der Waals surface area contributed by atoms with E-state index >= 15 is 0 Å². The lowest BCUT2D eigenvalue weighted by atomic mass is 10.1. The Morgan fingerprint density at radius 3 is 2.09 bits per heavy atom. The molecule has 0 aliphatic heterocycles. The van der Waals surface area contributed by atoms with E-state index in [0.717, 1.165) is 5.75 Å². The minimum atomic E-state index is -0.591. The summed E-state index contributed by atoms with van der Waals surface area (Å²) < 4.78 is 15.5. The predicted molar refractivity (Wildman–Crippen MR) is 86.5 cm³/mol. The number of amides is 1. The molecule has 1 aromatic carbocycles. The van der Waals surface area contributed by atoms with Crippen molar-refractivity contribution in [3.8, 4) is 11.5 Å². The summed E-state index contributed by atoms with van der Waals surface area (Å²) in [6, 6.07) is 6.95. The number of carbonyl (C=O) groups excluding carboxylic acids is 2. The second kappa shape index (κ2) is 9.71. The second-order valence-electron chi connectivity index (χ2n) is 5.45. The van der Waals surface area contributed by atoms with E-state index in [-0.39, 0.29) is 25.2 Å². The third kappa shape index (κ3) is 7.54. The first kappa shape index (κ1) is 18.8. The summed E-state index contributed by atoms with van der Waals surface area (Å²) in [6.07, 6.45) is 0. The zero-order chi connectivity index (χ0) is 17.2. The van der Waals surface area contributed by atoms with Gasteiger partial charge in [-0.05, 0) is 44.0 Å². The summed E-state index contributed by atoms with van der Waals surface area (Å²) in [4.78, 5) is 23.2. The van der Waals surface area contributed by atoms with Crippen molar-refractivity contribution in [2.45, 2.75) is 33.7 Å². The third-order valence-electron chi connectivity index (χ3n) is 3.24. The van der Waals surface area contributed by atoms with Crippen LogP contribution in [0.15, 0.2) is 24.3 Å². The highest BCUT2D eigenvalue weighted by Gasteiger charge is 2.13. The van der Waals surface area contributed by atoms with Gasteiger partial charge in [0.1, 0.15) is 11.5 Å². The molecule has 0 spiro atoms. The molecule has 0 unspecified atom stereocenters. The van der Waals surface area contributed by atoms with Crippen molar-refractivity contribution in [1.29, 1.82) is 0 Å². The van der Waals surface area contributed by atoms with Gasteiger partial charge in [0.2, 0.25) is 0 Å². The Morgan fingerprint density at radius 1 is 1.00 bits per heavy atom. The number of benzene rings is 1. The molecule has 0 aliphatic carbocycles. The number of carbonyl (C=O) groups is 2. The van der Waals surface area contributed by atoms with Gasteiger partial charge in [0.05, 0.1) is 6.61 Å². The molecule has 0 aliphatic rings. The minimum absolute atomic E-state index is 0.0290. The smallest absolute Gasteiger partial charge is 0.344 e. The fourth-order valence-electron chi connectivity index (χ4n) is 1.59. The summed E-state index contributed by atoms with van der Waals surface area (Å²) in [5.41, 5.74) is 0. The minimum Gasteiger partial charge on any atom is -0.494 e. The fourth-order valence-corrected chi connectivity index (χ4v) is 1.59. The molecule has 0 bridgehead atoms. The number of hydrogen-bond acceptors (Lipinski definition) is 5. The van der Waals surface area contributed by atoms with Crippen molar-refractivity contribution in [3.05, 3.63) is 24.3 Å². The first-order chi connectivity index (χ1) is 10.9. The Labute approximate surface area is 137 Å². The Morgan fingerprint density at radius 2 is 1.57 bits per heavy atom. The fraction of sp³-hybridized carbons (Fsp3) is 0.529. The molecule has 0 saturated heterocycles. The highest BCUT2D eigenvalue weighted by molar-refractivity contribution is 5.81. The van der Waals surface area contributed by atoms with E-state index in [2.05, 4.69) is 5.32 Å². The molecule has 0 saturated carbocycles. The molecule has 1 amide bonds. The average molecular weight is 323 g/mol. The lowest BCUT2D eigenvalue weighted by Gasteiger charge is -2.17. The lowest BCUT2D eigenvalue weighted by Crippen LogP contribution is -2.39. The lowest BCUT2D eigenvalue weighted by molar-refractivity contribution is -0.150. The van der Waals surface area contributed by atoms with Crippen LogP contribution in [0.5, 0.6) is 11.5 Å². The highest BCUT2D eigenvalue weighted by atomic mass is 16.6. The van der Waals surface area contributed by atoms with Gasteiger partial charge in [0, 0.05) is 6.04 Å². The van der Waals surface area contributed by atoms with Gasteiger partial charge in [-0.2, -0.15) is 0 Å². The van der Waals surface area contributed by atoms with Crippen LogP contribution in [-0.4, -0.2) is 37.7 Å². The van der Waals surface area contributed by atoms with Gasteiger partial charge in [0.25, 0.3) is 5.91 Å². The number of rotatable bonds is 9. The highest BCUT2D eigenvalue weighted by Crippen LogP contribution is 2.17. The molecule has 0 heterocycles. The monoisotopic (exact) mass is 323 g/mol. The number of hydrogen-bond donors (Lipinski definition) is 1. The van der Waals surface area contributed by atoms with Crippen LogP contribution in [-0.2, 0) is 14.3 Å². The Balaban J connectivity index is 2.27. The van der Waals surface area contributed by atoms with Crippen molar-refractivity contribution in [2.24, 2.45) is 5.92 Å². The van der Waals surface area contributed by atoms with Crippen molar-refractivity contribution in [1.82, 2.24) is 5.32 Å². The van der Waals surface area contributed by atoms with Gasteiger partial charge < -0.3 is 19.5 Å². The SMILES string of the molecule is CCOc1ccc(OCC(=O)OCC(=O)N[C@H](C)C(C)C)cc1. The summed E-state index contributed by atoms with van der Waals surface area (Å²) in [5, 5.41) is 2.76. The van der Waals surface area contributed by atoms with Crippen LogP contribution in [0, 0.1) is 5.92 Å². The van der Waals surface area contributed by atoms with Gasteiger partial charge in [-0.15, -0.1) is 0 Å². The van der Waals surface area contributed by atoms with Crippen LogP contribution in [0.25, 0.3) is 0 Å². The van der Waals surface area contributed by atoms with E-state index in [4.69, 9.17) is 14.2 Å². The molecule has 1 aromatic rings. The van der Waals surface area contributed by atoms with Gasteiger partial charge in [0.15, 0.2) is 13.2 Å². The molecular weight excluding hydrogens is 298 g/mol. The van der Waals surface area contributed by atoms with Crippen LogP contribution in [0.4, 0.5) is 0 Å². The third-order valence-corrected chi connectivity index (χ3v) is 3.24. The Kier molecular flexibility index (Phi) is 7.94. The van der Waals surface area contributed by atoms with Crippen LogP contribution in [0.1, 0.15) is 27.7 Å². The molecule has 0 fully saturated rings. The molecule has 6 heteroatoms. The van der Waals surface area contributed by atoms with Gasteiger partial charge in [-0.1, -0.05) is 13.8 Å². The van der Waals surface area contributed by atoms with Crippen LogP contribution >= 0.6 is 0 Å². The van der Waals surface area contributed by atoms with E-state index in [1.807, 2.05) is 27.7 Å². The van der Waals surface area contributed by atoms with E-state index in [1.165, 1.54) is 0 Å². The standard InChI is InChI=1S/C17H25NO5/c1-5-21-14-6-8-15(9-7-14)22-11-17(20)23-10-16(19)18-13(4)12(2)3/h6-9,12-13H,5,10-11H2,1-4H3,(H,18,19)/t13-/m1/s1. The van der Waals surface area contributed by atoms with Gasteiger partial charge >= 0.3 is 5.97 Å². The van der Waals surface area contributed by atoms with Crippen LogP contribution in [0.3, 0.4) is 0 Å². The van der Waals surface area contributed by atoms with E-state index in [1.54, 1.807) is 24.3 Å². The molecule has 23 heavy (non-hydrogen) atoms. The van der Waals surface area contributed by atoms with Crippen molar-refractivity contribution in [3.63, 3.8) is 0 Å². The van der Waals surface area contributed by atoms with Crippen molar-refractivity contribution in [2.75, 3.05) is 19.8 Å².